The van der Waals surface area contributed by atoms with E-state index in [0.717, 1.165) is 6.54 Å². The second kappa shape index (κ2) is 4.56. The summed E-state index contributed by atoms with van der Waals surface area (Å²) in [5, 5.41) is 0. The number of halogens is 1. The molecule has 3 heteroatoms. The number of quaternary nitrogens is 1. The summed E-state index contributed by atoms with van der Waals surface area (Å²) >= 11 is 0. The average Bonchev–Trinajstić information content (AvgIpc) is 2.25. The minimum Gasteiger partial charge on any atom is -1.00 e. The molecule has 0 aromatic carbocycles. The maximum atomic E-state index is 4.67. The third kappa shape index (κ3) is 2.32. The number of hydrogen-bond acceptors (Lipinski definition) is 1. The van der Waals surface area contributed by atoms with E-state index >= 15 is 0 Å². The average molecular weight is 247 g/mol. The fourth-order valence-electron chi connectivity index (χ4n) is 2.44. The minimum absolute atomic E-state index is 0. The molecule has 0 radical (unpaired) electrons. The first-order valence-electron chi connectivity index (χ1n) is 5.20. The van der Waals surface area contributed by atoms with Crippen molar-refractivity contribution < 1.29 is 21.5 Å². The first kappa shape index (κ1) is 11.2. The molecule has 0 spiro atoms. The molecule has 2 heterocycles. The smallest absolute Gasteiger partial charge is 0.197 e. The Bertz CT molecular complexity index is 203. The van der Waals surface area contributed by atoms with Gasteiger partial charge in [0.15, 0.2) is 5.84 Å². The van der Waals surface area contributed by atoms with Crippen molar-refractivity contribution in [1.29, 1.82) is 0 Å². The molecule has 1 saturated heterocycles. The molecule has 0 saturated carbocycles. The van der Waals surface area contributed by atoms with Gasteiger partial charge in [0.2, 0.25) is 0 Å². The van der Waals surface area contributed by atoms with E-state index in [4.69, 9.17) is 0 Å². The summed E-state index contributed by atoms with van der Waals surface area (Å²) in [5.74, 6) is 1.48. The maximum Gasteiger partial charge on any atom is 0.197 e. The predicted octanol–water partition coefficient (Wildman–Crippen LogP) is -1.19. The normalized spacial score (nSPS) is 33.8. The quantitative estimate of drug-likeness (QED) is 0.477. The molecule has 2 aliphatic heterocycles. The van der Waals surface area contributed by atoms with E-state index in [1.165, 1.54) is 55.5 Å². The van der Waals surface area contributed by atoms with Crippen molar-refractivity contribution >= 4 is 5.84 Å². The molecule has 1 fully saturated rings. The molecule has 0 aliphatic carbocycles. The van der Waals surface area contributed by atoms with Crippen molar-refractivity contribution in [3.63, 3.8) is 0 Å². The Morgan fingerprint density at radius 2 is 1.85 bits per heavy atom. The van der Waals surface area contributed by atoms with Crippen molar-refractivity contribution in [3.05, 3.63) is 0 Å². The zero-order chi connectivity index (χ0) is 8.44. The summed E-state index contributed by atoms with van der Waals surface area (Å²) in [6, 6.07) is 0. The zero-order valence-corrected chi connectivity index (χ0v) is 10.0. The van der Waals surface area contributed by atoms with E-state index < -0.39 is 0 Å². The molecular weight excluding hydrogens is 228 g/mol. The summed E-state index contributed by atoms with van der Waals surface area (Å²) in [6.07, 6.45) is 6.73. The summed E-state index contributed by atoms with van der Waals surface area (Å²) < 4.78 is 1.17. The van der Waals surface area contributed by atoms with Crippen LogP contribution in [0.25, 0.3) is 0 Å². The van der Waals surface area contributed by atoms with E-state index in [9.17, 15) is 0 Å². The molecule has 0 amide bonds. The van der Waals surface area contributed by atoms with E-state index in [-0.39, 0.29) is 17.0 Å². The molecule has 76 valence electrons. The number of nitrogens with zero attached hydrogens (tertiary/aromatic N) is 2. The molecule has 13 heavy (non-hydrogen) atoms. The zero-order valence-electron chi connectivity index (χ0n) is 8.43. The van der Waals surface area contributed by atoms with Crippen LogP contribution in [0.5, 0.6) is 0 Å². The van der Waals surface area contributed by atoms with Crippen LogP contribution in [-0.4, -0.2) is 37.0 Å². The second-order valence-electron chi connectivity index (χ2n) is 4.31. The highest BCUT2D eigenvalue weighted by Gasteiger charge is 2.32. The molecule has 1 unspecified atom stereocenters. The summed E-state index contributed by atoms with van der Waals surface area (Å²) in [4.78, 5) is 4.67. The number of rotatable bonds is 0. The summed E-state index contributed by atoms with van der Waals surface area (Å²) in [7, 11) is 2.36. The maximum absolute atomic E-state index is 4.67. The van der Waals surface area contributed by atoms with Crippen LogP contribution in [0.2, 0.25) is 0 Å². The standard InChI is InChI=1S/C10H19N2.BrH/c1-12-8-4-2-3-6-10(12)11-7-5-9-12;/h2-9H2,1H3;1H/q+1;/p-1. The number of fused-ring (bicyclic) bond motifs is 1. The van der Waals surface area contributed by atoms with Gasteiger partial charge in [-0.3, -0.25) is 4.48 Å². The first-order chi connectivity index (χ1) is 5.81. The summed E-state index contributed by atoms with van der Waals surface area (Å²) in [5.41, 5.74) is 0. The number of amidine groups is 1. The van der Waals surface area contributed by atoms with Gasteiger partial charge in [0.25, 0.3) is 0 Å². The van der Waals surface area contributed by atoms with Crippen LogP contribution in [0.3, 0.4) is 0 Å². The van der Waals surface area contributed by atoms with Gasteiger partial charge in [-0.2, -0.15) is 0 Å². The van der Waals surface area contributed by atoms with Crippen LogP contribution in [0.15, 0.2) is 4.99 Å². The largest absolute Gasteiger partial charge is 1.00 e. The first-order valence-corrected chi connectivity index (χ1v) is 5.20. The third-order valence-corrected chi connectivity index (χ3v) is 3.28. The Morgan fingerprint density at radius 1 is 1.08 bits per heavy atom. The van der Waals surface area contributed by atoms with Crippen LogP contribution in [0.1, 0.15) is 32.1 Å². The number of aliphatic imine (C=N–C) groups is 1. The van der Waals surface area contributed by atoms with Crippen molar-refractivity contribution in [2.24, 2.45) is 4.99 Å². The minimum atomic E-state index is 0. The SMILES string of the molecule is C[N+]12CCCCCC1=NCCC2.[Br-]. The van der Waals surface area contributed by atoms with Gasteiger partial charge in [-0.1, -0.05) is 0 Å². The van der Waals surface area contributed by atoms with Gasteiger partial charge in [0.05, 0.1) is 20.1 Å². The van der Waals surface area contributed by atoms with Crippen molar-refractivity contribution in [1.82, 2.24) is 0 Å². The van der Waals surface area contributed by atoms with E-state index in [1.54, 1.807) is 0 Å². The lowest BCUT2D eigenvalue weighted by atomic mass is 10.2. The molecule has 0 aromatic rings. The van der Waals surface area contributed by atoms with Gasteiger partial charge in [-0.25, -0.2) is 4.99 Å². The molecule has 0 aromatic heterocycles. The fourth-order valence-corrected chi connectivity index (χ4v) is 2.44. The van der Waals surface area contributed by atoms with Gasteiger partial charge < -0.3 is 17.0 Å². The van der Waals surface area contributed by atoms with E-state index in [0.29, 0.717) is 0 Å². The Balaban J connectivity index is 0.000000845. The number of hydrogen-bond donors (Lipinski definition) is 0. The van der Waals surface area contributed by atoms with Crippen molar-refractivity contribution in [3.8, 4) is 0 Å². The van der Waals surface area contributed by atoms with E-state index in [2.05, 4.69) is 12.0 Å². The van der Waals surface area contributed by atoms with Gasteiger partial charge >= 0.3 is 0 Å². The van der Waals surface area contributed by atoms with Gasteiger partial charge in [0.1, 0.15) is 0 Å². The van der Waals surface area contributed by atoms with Crippen LogP contribution in [0.4, 0.5) is 0 Å². The Labute approximate surface area is 91.4 Å². The highest BCUT2D eigenvalue weighted by atomic mass is 79.9. The van der Waals surface area contributed by atoms with Crippen molar-refractivity contribution in [2.45, 2.75) is 32.1 Å². The molecule has 1 atom stereocenters. The van der Waals surface area contributed by atoms with Gasteiger partial charge in [-0.15, -0.1) is 0 Å². The Hall–Kier alpha value is 0.110. The third-order valence-electron chi connectivity index (χ3n) is 3.28. The molecule has 0 N–H and O–H groups in total. The molecule has 2 rings (SSSR count). The fraction of sp³-hybridized carbons (Fsp3) is 0.900. The van der Waals surface area contributed by atoms with Crippen molar-refractivity contribution in [2.75, 3.05) is 26.7 Å². The van der Waals surface area contributed by atoms with Gasteiger partial charge in [0, 0.05) is 19.4 Å². The molecule has 2 aliphatic rings. The topological polar surface area (TPSA) is 12.4 Å². The summed E-state index contributed by atoms with van der Waals surface area (Å²) in [6.45, 7) is 3.75. The van der Waals surface area contributed by atoms with Crippen LogP contribution in [0, 0.1) is 0 Å². The lowest BCUT2D eigenvalue weighted by Gasteiger charge is -2.35. The predicted molar refractivity (Wildman–Crippen MR) is 51.3 cm³/mol. The highest BCUT2D eigenvalue weighted by molar-refractivity contribution is 5.76. The van der Waals surface area contributed by atoms with Crippen LogP contribution in [-0.2, 0) is 0 Å². The lowest BCUT2D eigenvalue weighted by molar-refractivity contribution is -0.824. The molecule has 0 bridgehead atoms. The molecule has 2 nitrogen and oxygen atoms in total. The lowest BCUT2D eigenvalue weighted by Crippen LogP contribution is -3.00. The van der Waals surface area contributed by atoms with Crippen LogP contribution < -0.4 is 17.0 Å². The Kier molecular flexibility index (Phi) is 3.92. The highest BCUT2D eigenvalue weighted by Crippen LogP contribution is 2.21. The van der Waals surface area contributed by atoms with Crippen LogP contribution >= 0.6 is 0 Å². The second-order valence-corrected chi connectivity index (χ2v) is 4.31. The Morgan fingerprint density at radius 3 is 2.69 bits per heavy atom. The molecular formula is C10H19BrN2. The van der Waals surface area contributed by atoms with Gasteiger partial charge in [-0.05, 0) is 19.3 Å². The monoisotopic (exact) mass is 246 g/mol. The van der Waals surface area contributed by atoms with E-state index in [1.807, 2.05) is 0 Å².